The summed E-state index contributed by atoms with van der Waals surface area (Å²) in [5, 5.41) is 3.57. The fourth-order valence-corrected chi connectivity index (χ4v) is 2.48. The van der Waals surface area contributed by atoms with Crippen LogP contribution in [-0.2, 0) is 0 Å². The van der Waals surface area contributed by atoms with E-state index in [4.69, 9.17) is 17.3 Å². The van der Waals surface area contributed by atoms with Gasteiger partial charge < -0.3 is 11.1 Å². The molecule has 0 bridgehead atoms. The molecule has 3 N–H and O–H groups in total. The first-order valence-electron chi connectivity index (χ1n) is 6.32. The molecule has 3 nitrogen and oxygen atoms in total. The molecule has 0 fully saturated rings. The molecular formula is C16H17ClN2O. The van der Waals surface area contributed by atoms with Gasteiger partial charge in [-0.1, -0.05) is 11.6 Å². The summed E-state index contributed by atoms with van der Waals surface area (Å²) >= 11 is 5.90. The molecular weight excluding hydrogens is 272 g/mol. The van der Waals surface area contributed by atoms with Crippen molar-refractivity contribution in [2.24, 2.45) is 0 Å². The van der Waals surface area contributed by atoms with E-state index in [-0.39, 0.29) is 5.91 Å². The molecule has 2 aromatic carbocycles. The average molecular weight is 289 g/mol. The molecule has 2 rings (SSSR count). The van der Waals surface area contributed by atoms with E-state index < -0.39 is 0 Å². The zero-order valence-electron chi connectivity index (χ0n) is 11.8. The summed E-state index contributed by atoms with van der Waals surface area (Å²) in [7, 11) is 0. The van der Waals surface area contributed by atoms with Crippen LogP contribution >= 0.6 is 11.6 Å². The maximum atomic E-state index is 12.4. The summed E-state index contributed by atoms with van der Waals surface area (Å²) in [4.78, 5) is 12.4. The van der Waals surface area contributed by atoms with Crippen LogP contribution in [0, 0.1) is 20.8 Å². The highest BCUT2D eigenvalue weighted by Gasteiger charge is 2.12. The lowest BCUT2D eigenvalue weighted by molar-refractivity contribution is 0.102. The van der Waals surface area contributed by atoms with Crippen LogP contribution in [0.5, 0.6) is 0 Å². The fourth-order valence-electron chi connectivity index (χ4n) is 2.26. The molecule has 1 amide bonds. The van der Waals surface area contributed by atoms with Gasteiger partial charge in [0.15, 0.2) is 0 Å². The van der Waals surface area contributed by atoms with Crippen molar-refractivity contribution in [2.75, 3.05) is 11.1 Å². The van der Waals surface area contributed by atoms with E-state index in [0.29, 0.717) is 16.3 Å². The maximum Gasteiger partial charge on any atom is 0.255 e. The molecule has 0 aliphatic rings. The number of anilines is 2. The Morgan fingerprint density at radius 1 is 1.05 bits per heavy atom. The van der Waals surface area contributed by atoms with Gasteiger partial charge in [-0.15, -0.1) is 0 Å². The lowest BCUT2D eigenvalue weighted by Crippen LogP contribution is -2.15. The Bertz CT molecular complexity index is 657. The van der Waals surface area contributed by atoms with Crippen LogP contribution in [0.25, 0.3) is 0 Å². The fraction of sp³-hybridized carbons (Fsp3) is 0.188. The van der Waals surface area contributed by atoms with Crippen LogP contribution in [-0.4, -0.2) is 5.91 Å². The molecule has 0 aromatic heterocycles. The van der Waals surface area contributed by atoms with Gasteiger partial charge in [-0.25, -0.2) is 0 Å². The van der Waals surface area contributed by atoms with E-state index in [1.165, 1.54) is 0 Å². The first-order valence-corrected chi connectivity index (χ1v) is 6.70. The van der Waals surface area contributed by atoms with Crippen LogP contribution in [0.4, 0.5) is 11.4 Å². The topological polar surface area (TPSA) is 55.1 Å². The Balaban J connectivity index is 2.33. The number of nitrogen functional groups attached to an aromatic ring is 1. The van der Waals surface area contributed by atoms with Gasteiger partial charge in [-0.3, -0.25) is 4.79 Å². The largest absolute Gasteiger partial charge is 0.399 e. The van der Waals surface area contributed by atoms with E-state index in [2.05, 4.69) is 5.32 Å². The van der Waals surface area contributed by atoms with E-state index in [1.54, 1.807) is 18.2 Å². The summed E-state index contributed by atoms with van der Waals surface area (Å²) in [6, 6.07) is 8.91. The van der Waals surface area contributed by atoms with Crippen LogP contribution in [0.2, 0.25) is 5.02 Å². The number of nitrogens with one attached hydrogen (secondary N) is 1. The zero-order valence-corrected chi connectivity index (χ0v) is 12.5. The van der Waals surface area contributed by atoms with Crippen molar-refractivity contribution in [1.29, 1.82) is 0 Å². The molecule has 0 unspecified atom stereocenters. The summed E-state index contributed by atoms with van der Waals surface area (Å²) in [6.45, 7) is 5.71. The SMILES string of the molecule is Cc1cc(Cl)ccc1C(=O)Nc1c(C)cc(N)cc1C. The predicted octanol–water partition coefficient (Wildman–Crippen LogP) is 4.10. The van der Waals surface area contributed by atoms with E-state index >= 15 is 0 Å². The van der Waals surface area contributed by atoms with Gasteiger partial charge in [0, 0.05) is 22.0 Å². The van der Waals surface area contributed by atoms with Gasteiger partial charge in [-0.05, 0) is 67.8 Å². The second-order valence-corrected chi connectivity index (χ2v) is 5.38. The number of rotatable bonds is 2. The molecule has 0 atom stereocenters. The highest BCUT2D eigenvalue weighted by molar-refractivity contribution is 6.30. The molecule has 0 aliphatic carbocycles. The summed E-state index contributed by atoms with van der Waals surface area (Å²) in [6.07, 6.45) is 0. The minimum absolute atomic E-state index is 0.143. The number of amides is 1. The molecule has 104 valence electrons. The Kier molecular flexibility index (Phi) is 4.00. The quantitative estimate of drug-likeness (QED) is 0.818. The van der Waals surface area contributed by atoms with Gasteiger partial charge >= 0.3 is 0 Å². The van der Waals surface area contributed by atoms with Crippen LogP contribution < -0.4 is 11.1 Å². The molecule has 0 radical (unpaired) electrons. The van der Waals surface area contributed by atoms with Crippen molar-refractivity contribution in [3.8, 4) is 0 Å². The standard InChI is InChI=1S/C16H17ClN2O/c1-9-6-12(17)4-5-14(9)16(20)19-15-10(2)7-13(18)8-11(15)3/h4-8H,18H2,1-3H3,(H,19,20). The zero-order chi connectivity index (χ0) is 14.9. The number of aryl methyl sites for hydroxylation is 3. The molecule has 0 aliphatic heterocycles. The monoisotopic (exact) mass is 288 g/mol. The van der Waals surface area contributed by atoms with Crippen LogP contribution in [0.3, 0.4) is 0 Å². The first-order chi connectivity index (χ1) is 9.38. The van der Waals surface area contributed by atoms with Gasteiger partial charge in [0.05, 0.1) is 0 Å². The summed E-state index contributed by atoms with van der Waals surface area (Å²) in [5.41, 5.74) is 10.6. The Morgan fingerprint density at radius 3 is 2.20 bits per heavy atom. The minimum atomic E-state index is -0.143. The molecule has 0 saturated carbocycles. The predicted molar refractivity (Wildman–Crippen MR) is 84.5 cm³/mol. The number of hydrogen-bond donors (Lipinski definition) is 2. The number of benzene rings is 2. The summed E-state index contributed by atoms with van der Waals surface area (Å²) in [5.74, 6) is -0.143. The number of carbonyl (C=O) groups excluding carboxylic acids is 1. The van der Waals surface area contributed by atoms with Gasteiger partial charge in [0.2, 0.25) is 0 Å². The third-order valence-electron chi connectivity index (χ3n) is 3.23. The molecule has 20 heavy (non-hydrogen) atoms. The third-order valence-corrected chi connectivity index (χ3v) is 3.46. The van der Waals surface area contributed by atoms with Crippen molar-refractivity contribution in [2.45, 2.75) is 20.8 Å². The summed E-state index contributed by atoms with van der Waals surface area (Å²) < 4.78 is 0. The van der Waals surface area contributed by atoms with E-state index in [0.717, 1.165) is 22.4 Å². The normalized spacial score (nSPS) is 10.4. The smallest absolute Gasteiger partial charge is 0.255 e. The first kappa shape index (κ1) is 14.4. The average Bonchev–Trinajstić information content (AvgIpc) is 2.33. The molecule has 0 heterocycles. The molecule has 4 heteroatoms. The molecule has 0 saturated heterocycles. The van der Waals surface area contributed by atoms with Crippen molar-refractivity contribution in [3.63, 3.8) is 0 Å². The Morgan fingerprint density at radius 2 is 1.65 bits per heavy atom. The maximum absolute atomic E-state index is 12.4. The molecule has 0 spiro atoms. The second-order valence-electron chi connectivity index (χ2n) is 4.94. The van der Waals surface area contributed by atoms with Crippen LogP contribution in [0.15, 0.2) is 30.3 Å². The van der Waals surface area contributed by atoms with Crippen LogP contribution in [0.1, 0.15) is 27.0 Å². The number of hydrogen-bond acceptors (Lipinski definition) is 2. The van der Waals surface area contributed by atoms with Gasteiger partial charge in [0.25, 0.3) is 5.91 Å². The van der Waals surface area contributed by atoms with Crippen molar-refractivity contribution in [1.82, 2.24) is 0 Å². The van der Waals surface area contributed by atoms with Crippen molar-refractivity contribution >= 4 is 28.9 Å². The Labute approximate surface area is 123 Å². The van der Waals surface area contributed by atoms with E-state index in [1.807, 2.05) is 32.9 Å². The lowest BCUT2D eigenvalue weighted by Gasteiger charge is -2.13. The lowest BCUT2D eigenvalue weighted by atomic mass is 10.1. The number of nitrogens with two attached hydrogens (primary N) is 1. The number of carbonyl (C=O) groups is 1. The number of halogens is 1. The van der Waals surface area contributed by atoms with Gasteiger partial charge in [0.1, 0.15) is 0 Å². The third kappa shape index (κ3) is 2.94. The minimum Gasteiger partial charge on any atom is -0.399 e. The highest BCUT2D eigenvalue weighted by Crippen LogP contribution is 2.24. The molecule has 2 aromatic rings. The Hall–Kier alpha value is -2.00. The van der Waals surface area contributed by atoms with E-state index in [9.17, 15) is 4.79 Å². The highest BCUT2D eigenvalue weighted by atomic mass is 35.5. The van der Waals surface area contributed by atoms with Gasteiger partial charge in [-0.2, -0.15) is 0 Å². The second kappa shape index (κ2) is 5.55. The van der Waals surface area contributed by atoms with Crippen molar-refractivity contribution < 1.29 is 4.79 Å². The van der Waals surface area contributed by atoms with Crippen molar-refractivity contribution in [3.05, 3.63) is 57.6 Å².